The number of fused-ring (bicyclic) bond motifs is 1. The van der Waals surface area contributed by atoms with Gasteiger partial charge in [0.2, 0.25) is 11.8 Å². The zero-order valence-electron chi connectivity index (χ0n) is 15.6. The third-order valence-corrected chi connectivity index (χ3v) is 4.83. The fraction of sp³-hybridized carbons (Fsp3) is 0.400. The van der Waals surface area contributed by atoms with Crippen LogP contribution in [0.25, 0.3) is 0 Å². The summed E-state index contributed by atoms with van der Waals surface area (Å²) in [6.45, 7) is 5.98. The Morgan fingerprint density at radius 3 is 2.85 bits per heavy atom. The molecule has 27 heavy (non-hydrogen) atoms. The molecule has 0 aliphatic carbocycles. The van der Waals surface area contributed by atoms with Crippen LogP contribution >= 0.6 is 0 Å². The second kappa shape index (κ2) is 6.51. The van der Waals surface area contributed by atoms with Gasteiger partial charge in [-0.25, -0.2) is 4.98 Å². The van der Waals surface area contributed by atoms with Crippen molar-refractivity contribution < 1.29 is 19.4 Å². The van der Waals surface area contributed by atoms with Gasteiger partial charge < -0.3 is 14.6 Å². The van der Waals surface area contributed by atoms with E-state index < -0.39 is 6.35 Å². The van der Waals surface area contributed by atoms with Gasteiger partial charge in [0.1, 0.15) is 17.1 Å². The number of aliphatic hydroxyl groups excluding tert-OH is 1. The summed E-state index contributed by atoms with van der Waals surface area (Å²) < 4.78 is 11.9. The summed E-state index contributed by atoms with van der Waals surface area (Å²) in [6.07, 6.45) is 1.85. The number of ether oxygens (including phenoxy) is 2. The number of benzene rings is 1. The molecule has 0 radical (unpaired) electrons. The van der Waals surface area contributed by atoms with E-state index in [1.165, 1.54) is 11.1 Å². The van der Waals surface area contributed by atoms with E-state index in [0.29, 0.717) is 23.7 Å². The number of nitrogens with one attached hydrogen (secondary N) is 1. The maximum Gasteiger partial charge on any atom is 0.247 e. The van der Waals surface area contributed by atoms with Crippen molar-refractivity contribution >= 4 is 11.6 Å². The van der Waals surface area contributed by atoms with Gasteiger partial charge in [0, 0.05) is 18.1 Å². The Morgan fingerprint density at radius 2 is 2.19 bits per heavy atom. The number of carbonyl (C=O) groups excluding carboxylic acids is 1. The van der Waals surface area contributed by atoms with Crippen LogP contribution in [-0.2, 0) is 11.2 Å². The van der Waals surface area contributed by atoms with E-state index in [0.717, 1.165) is 17.7 Å². The lowest BCUT2D eigenvalue weighted by Crippen LogP contribution is -2.37. The fourth-order valence-corrected chi connectivity index (χ4v) is 3.53. The minimum Gasteiger partial charge on any atom is -0.487 e. The zero-order valence-corrected chi connectivity index (χ0v) is 15.6. The number of carbonyl (C=O) groups is 1. The molecular formula is C20H23N3O4. The number of amides is 1. The van der Waals surface area contributed by atoms with Crippen molar-refractivity contribution in [2.75, 3.05) is 4.90 Å². The summed E-state index contributed by atoms with van der Waals surface area (Å²) in [6, 6.07) is 8.74. The van der Waals surface area contributed by atoms with Gasteiger partial charge in [0.15, 0.2) is 6.35 Å². The van der Waals surface area contributed by atoms with E-state index in [1.54, 1.807) is 12.1 Å². The molecule has 1 aromatic carbocycles. The standard InChI is InChI=1S/C20H23N3O4/c1-4-14-18(24)23(19(25)22-14)12-8-9-17(21-11-12)26-15-6-5-7-16-13(15)10-20(2,3)27-16/h5-9,11,14,19,22,25H,4,10H2,1-3H3/t14-,19?/m1/s1. The minimum absolute atomic E-state index is 0.166. The molecule has 2 aliphatic rings. The van der Waals surface area contributed by atoms with Gasteiger partial charge >= 0.3 is 0 Å². The molecule has 1 amide bonds. The number of nitrogens with zero attached hydrogens (tertiary/aromatic N) is 2. The number of hydrogen-bond donors (Lipinski definition) is 2. The van der Waals surface area contributed by atoms with Crippen molar-refractivity contribution in [3.05, 3.63) is 42.1 Å². The Balaban J connectivity index is 1.54. The van der Waals surface area contributed by atoms with Gasteiger partial charge in [-0.2, -0.15) is 0 Å². The Bertz CT molecular complexity index is 866. The van der Waals surface area contributed by atoms with E-state index in [1.807, 2.05) is 39.0 Å². The Morgan fingerprint density at radius 1 is 1.37 bits per heavy atom. The first-order valence-corrected chi connectivity index (χ1v) is 9.10. The minimum atomic E-state index is -1.05. The highest BCUT2D eigenvalue weighted by Crippen LogP contribution is 2.41. The lowest BCUT2D eigenvalue weighted by atomic mass is 10.0. The van der Waals surface area contributed by atoms with E-state index >= 15 is 0 Å². The van der Waals surface area contributed by atoms with Crippen molar-refractivity contribution in [2.45, 2.75) is 51.6 Å². The maximum absolute atomic E-state index is 12.3. The average Bonchev–Trinajstić information content (AvgIpc) is 3.10. The Kier molecular flexibility index (Phi) is 4.28. The monoisotopic (exact) mass is 369 g/mol. The van der Waals surface area contributed by atoms with Gasteiger partial charge in [-0.15, -0.1) is 0 Å². The molecule has 0 saturated carbocycles. The largest absolute Gasteiger partial charge is 0.487 e. The summed E-state index contributed by atoms with van der Waals surface area (Å²) in [7, 11) is 0. The molecule has 1 unspecified atom stereocenters. The second-order valence-corrected chi connectivity index (χ2v) is 7.44. The van der Waals surface area contributed by atoms with Gasteiger partial charge in [-0.1, -0.05) is 13.0 Å². The molecule has 0 spiro atoms. The number of pyridine rings is 1. The zero-order chi connectivity index (χ0) is 19.2. The van der Waals surface area contributed by atoms with E-state index in [4.69, 9.17) is 9.47 Å². The van der Waals surface area contributed by atoms with Crippen molar-refractivity contribution in [2.24, 2.45) is 0 Å². The van der Waals surface area contributed by atoms with Crippen molar-refractivity contribution in [3.8, 4) is 17.4 Å². The molecule has 2 atom stereocenters. The molecule has 142 valence electrons. The average molecular weight is 369 g/mol. The topological polar surface area (TPSA) is 83.9 Å². The van der Waals surface area contributed by atoms with Crippen LogP contribution in [0.15, 0.2) is 36.5 Å². The highest BCUT2D eigenvalue weighted by atomic mass is 16.5. The molecule has 2 N–H and O–H groups in total. The first kappa shape index (κ1) is 17.8. The SMILES string of the molecule is CC[C@H]1NC(O)N(c2ccc(Oc3cccc4c3CC(C)(C)O4)nc2)C1=O. The molecule has 7 nitrogen and oxygen atoms in total. The maximum atomic E-state index is 12.3. The van der Waals surface area contributed by atoms with Crippen LogP contribution in [0.2, 0.25) is 0 Å². The van der Waals surface area contributed by atoms with Crippen LogP contribution in [0, 0.1) is 0 Å². The number of rotatable bonds is 4. The number of aromatic nitrogens is 1. The normalized spacial score (nSPS) is 23.3. The van der Waals surface area contributed by atoms with Crippen molar-refractivity contribution in [3.63, 3.8) is 0 Å². The summed E-state index contributed by atoms with van der Waals surface area (Å²) in [5.41, 5.74) is 1.29. The molecule has 2 aromatic rings. The van der Waals surface area contributed by atoms with Crippen LogP contribution in [-0.4, -0.2) is 34.0 Å². The summed E-state index contributed by atoms with van der Waals surface area (Å²) >= 11 is 0. The van der Waals surface area contributed by atoms with E-state index in [9.17, 15) is 9.90 Å². The van der Waals surface area contributed by atoms with E-state index in [2.05, 4.69) is 10.3 Å². The number of anilines is 1. The van der Waals surface area contributed by atoms with Gasteiger partial charge in [0.05, 0.1) is 17.9 Å². The predicted molar refractivity (Wildman–Crippen MR) is 99.9 cm³/mol. The lowest BCUT2D eigenvalue weighted by Gasteiger charge is -2.19. The highest BCUT2D eigenvalue weighted by Gasteiger charge is 2.38. The molecule has 2 aliphatic heterocycles. The molecule has 1 fully saturated rings. The molecule has 4 rings (SSSR count). The van der Waals surface area contributed by atoms with E-state index in [-0.39, 0.29) is 17.6 Å². The van der Waals surface area contributed by atoms with Gasteiger partial charge in [-0.3, -0.25) is 15.0 Å². The van der Waals surface area contributed by atoms with Gasteiger partial charge in [0.25, 0.3) is 0 Å². The second-order valence-electron chi connectivity index (χ2n) is 7.44. The smallest absolute Gasteiger partial charge is 0.247 e. The molecule has 1 saturated heterocycles. The summed E-state index contributed by atoms with van der Waals surface area (Å²) in [5, 5.41) is 12.9. The fourth-order valence-electron chi connectivity index (χ4n) is 3.53. The van der Waals surface area contributed by atoms with Crippen molar-refractivity contribution in [1.29, 1.82) is 0 Å². The predicted octanol–water partition coefficient (Wildman–Crippen LogP) is 2.58. The van der Waals surface area contributed by atoms with Crippen LogP contribution in [0.3, 0.4) is 0 Å². The quantitative estimate of drug-likeness (QED) is 0.862. The molecule has 1 aromatic heterocycles. The van der Waals surface area contributed by atoms with Crippen LogP contribution in [0.5, 0.6) is 17.4 Å². The first-order valence-electron chi connectivity index (χ1n) is 9.10. The van der Waals surface area contributed by atoms with Crippen LogP contribution in [0.4, 0.5) is 5.69 Å². The van der Waals surface area contributed by atoms with Gasteiger partial charge in [-0.05, 0) is 38.5 Å². The number of hydrogen-bond acceptors (Lipinski definition) is 6. The molecule has 7 heteroatoms. The molecule has 0 bridgehead atoms. The Labute approximate surface area is 157 Å². The molecular weight excluding hydrogens is 346 g/mol. The summed E-state index contributed by atoms with van der Waals surface area (Å²) in [5.74, 6) is 1.79. The Hall–Kier alpha value is -2.64. The van der Waals surface area contributed by atoms with Crippen LogP contribution < -0.4 is 19.7 Å². The third-order valence-electron chi connectivity index (χ3n) is 4.83. The third kappa shape index (κ3) is 3.24. The lowest BCUT2D eigenvalue weighted by molar-refractivity contribution is -0.118. The van der Waals surface area contributed by atoms with Crippen molar-refractivity contribution in [1.82, 2.24) is 10.3 Å². The number of aliphatic hydroxyl groups is 1. The van der Waals surface area contributed by atoms with Crippen LogP contribution in [0.1, 0.15) is 32.8 Å². The first-order chi connectivity index (χ1) is 12.9. The summed E-state index contributed by atoms with van der Waals surface area (Å²) in [4.78, 5) is 18.0. The molecule has 3 heterocycles. The highest BCUT2D eigenvalue weighted by molar-refractivity contribution is 5.99.